The monoisotopic (exact) mass is 430 g/mol. The van der Waals surface area contributed by atoms with Crippen LogP contribution in [0, 0.1) is 29.6 Å². The zero-order valence-electron chi connectivity index (χ0n) is 17.7. The number of ether oxygens (including phenoxy) is 1. The molecule has 7 nitrogen and oxygen atoms in total. The largest absolute Gasteiger partial charge is 0.497 e. The quantitative estimate of drug-likeness (QED) is 0.550. The molecular weight excluding hydrogens is 408 g/mol. The van der Waals surface area contributed by atoms with E-state index in [1.807, 2.05) is 24.3 Å². The molecule has 0 unspecified atom stereocenters. The molecule has 0 aromatic heterocycles. The van der Waals surface area contributed by atoms with Gasteiger partial charge in [0, 0.05) is 23.0 Å². The van der Waals surface area contributed by atoms with E-state index in [0.717, 1.165) is 23.4 Å². The maximum atomic E-state index is 13.5. The molecule has 2 bridgehead atoms. The topological polar surface area (TPSA) is 85.3 Å². The number of nitrogens with zero attached hydrogens (tertiary/aromatic N) is 2. The van der Waals surface area contributed by atoms with Crippen molar-refractivity contribution in [1.82, 2.24) is 0 Å². The van der Waals surface area contributed by atoms with Gasteiger partial charge in [0.25, 0.3) is 0 Å². The van der Waals surface area contributed by atoms with E-state index >= 15 is 0 Å². The van der Waals surface area contributed by atoms with Crippen LogP contribution in [-0.2, 0) is 14.4 Å². The molecule has 162 valence electrons. The number of benzene rings is 2. The Morgan fingerprint density at radius 1 is 0.969 bits per heavy atom. The van der Waals surface area contributed by atoms with E-state index in [1.54, 1.807) is 31.4 Å². The lowest BCUT2D eigenvalue weighted by Crippen LogP contribution is -2.41. The van der Waals surface area contributed by atoms with E-state index < -0.39 is 0 Å². The zero-order valence-corrected chi connectivity index (χ0v) is 17.7. The average molecular weight is 430 g/mol. The van der Waals surface area contributed by atoms with Crippen molar-refractivity contribution in [2.75, 3.05) is 12.0 Å². The van der Waals surface area contributed by atoms with Crippen LogP contribution in [0.5, 0.6) is 5.75 Å². The summed E-state index contributed by atoms with van der Waals surface area (Å²) in [4.78, 5) is 45.5. The normalized spacial score (nSPS) is 31.9. The number of amides is 2. The molecule has 6 rings (SSSR count). The van der Waals surface area contributed by atoms with Gasteiger partial charge in [-0.1, -0.05) is 5.16 Å². The lowest BCUT2D eigenvalue weighted by molar-refractivity contribution is -0.125. The Balaban J connectivity index is 1.30. The van der Waals surface area contributed by atoms with Crippen LogP contribution in [0.1, 0.15) is 29.3 Å². The standard InChI is InChI=1S/C25H22N2O5/c1-12(28)13-3-7-15(8-4-13)27-24(29)19-17-11-18(20(19)25(27)30)23-21(17)22(26-32-23)14-5-9-16(31-2)10-6-14/h3-10,17-21,23H,11H2,1-2H3/t17-,18+,19+,20+,21-,23-/m1/s1. The lowest BCUT2D eigenvalue weighted by atomic mass is 9.71. The Morgan fingerprint density at radius 3 is 2.25 bits per heavy atom. The number of anilines is 1. The maximum absolute atomic E-state index is 13.5. The molecule has 1 saturated heterocycles. The van der Waals surface area contributed by atoms with Crippen molar-refractivity contribution in [3.05, 3.63) is 59.7 Å². The van der Waals surface area contributed by atoms with E-state index in [9.17, 15) is 14.4 Å². The van der Waals surface area contributed by atoms with Crippen molar-refractivity contribution in [3.63, 3.8) is 0 Å². The number of carbonyl (C=O) groups is 3. The molecule has 4 aliphatic rings. The van der Waals surface area contributed by atoms with Gasteiger partial charge in [-0.05, 0) is 67.8 Å². The molecule has 2 aliphatic carbocycles. The molecule has 2 aromatic rings. The van der Waals surface area contributed by atoms with Gasteiger partial charge >= 0.3 is 0 Å². The molecule has 6 atom stereocenters. The van der Waals surface area contributed by atoms with Crippen LogP contribution in [0.15, 0.2) is 53.7 Å². The van der Waals surface area contributed by atoms with Crippen molar-refractivity contribution in [3.8, 4) is 5.75 Å². The predicted molar refractivity (Wildman–Crippen MR) is 115 cm³/mol. The highest BCUT2D eigenvalue weighted by Crippen LogP contribution is 2.62. The smallest absolute Gasteiger partial charge is 0.238 e. The van der Waals surface area contributed by atoms with Gasteiger partial charge in [-0.2, -0.15) is 0 Å². The summed E-state index contributed by atoms with van der Waals surface area (Å²) < 4.78 is 5.25. The number of hydrogen-bond donors (Lipinski definition) is 0. The number of oxime groups is 1. The van der Waals surface area contributed by atoms with E-state index in [-0.39, 0.29) is 53.3 Å². The number of ketones is 1. The highest BCUT2D eigenvalue weighted by atomic mass is 16.6. The van der Waals surface area contributed by atoms with Gasteiger partial charge in [0.2, 0.25) is 11.8 Å². The molecule has 2 heterocycles. The number of Topliss-reactive ketones (excluding diaryl/α,β-unsaturated/α-hetero) is 1. The molecule has 2 saturated carbocycles. The highest BCUT2D eigenvalue weighted by Gasteiger charge is 2.70. The summed E-state index contributed by atoms with van der Waals surface area (Å²) in [5.41, 5.74) is 2.88. The molecule has 0 spiro atoms. The van der Waals surface area contributed by atoms with Crippen LogP contribution in [0.4, 0.5) is 5.69 Å². The van der Waals surface area contributed by atoms with Crippen LogP contribution in [0.2, 0.25) is 0 Å². The number of fused-ring (bicyclic) bond motifs is 8. The summed E-state index contributed by atoms with van der Waals surface area (Å²) >= 11 is 0. The zero-order chi connectivity index (χ0) is 22.1. The maximum Gasteiger partial charge on any atom is 0.238 e. The Bertz CT molecular complexity index is 1170. The summed E-state index contributed by atoms with van der Waals surface area (Å²) in [5, 5.41) is 4.38. The minimum absolute atomic E-state index is 0.00596. The number of methoxy groups -OCH3 is 1. The minimum atomic E-state index is -0.369. The Kier molecular flexibility index (Phi) is 4.06. The van der Waals surface area contributed by atoms with Gasteiger partial charge in [-0.3, -0.25) is 19.3 Å². The van der Waals surface area contributed by atoms with Crippen molar-refractivity contribution in [2.24, 2.45) is 34.7 Å². The lowest BCUT2D eigenvalue weighted by Gasteiger charge is -2.29. The summed E-state index contributed by atoms with van der Waals surface area (Å²) in [6, 6.07) is 14.4. The number of rotatable bonds is 4. The summed E-state index contributed by atoms with van der Waals surface area (Å²) in [6.45, 7) is 1.49. The minimum Gasteiger partial charge on any atom is -0.497 e. The molecule has 0 radical (unpaired) electrons. The molecule has 2 amide bonds. The van der Waals surface area contributed by atoms with Gasteiger partial charge in [-0.15, -0.1) is 0 Å². The van der Waals surface area contributed by atoms with Crippen LogP contribution >= 0.6 is 0 Å². The number of imide groups is 1. The number of carbonyl (C=O) groups excluding carboxylic acids is 3. The Hall–Kier alpha value is -3.48. The number of hydrogen-bond acceptors (Lipinski definition) is 6. The van der Waals surface area contributed by atoms with E-state index in [0.29, 0.717) is 11.3 Å². The first-order valence-electron chi connectivity index (χ1n) is 10.9. The molecule has 2 aromatic carbocycles. The third kappa shape index (κ3) is 2.48. The fraction of sp³-hybridized carbons (Fsp3) is 0.360. The third-order valence-corrected chi connectivity index (χ3v) is 7.61. The summed E-state index contributed by atoms with van der Waals surface area (Å²) in [6.07, 6.45) is 0.629. The second kappa shape index (κ2) is 6.76. The van der Waals surface area contributed by atoms with Crippen molar-refractivity contribution in [2.45, 2.75) is 19.4 Å². The van der Waals surface area contributed by atoms with Gasteiger partial charge in [0.15, 0.2) is 5.78 Å². The second-order valence-electron chi connectivity index (χ2n) is 9.03. The summed E-state index contributed by atoms with van der Waals surface area (Å²) in [5.74, 6) is -0.319. The van der Waals surface area contributed by atoms with Crippen LogP contribution in [0.25, 0.3) is 0 Å². The predicted octanol–water partition coefficient (Wildman–Crippen LogP) is 3.07. The first-order chi connectivity index (χ1) is 15.5. The van der Waals surface area contributed by atoms with Crippen LogP contribution in [-0.4, -0.2) is 36.5 Å². The van der Waals surface area contributed by atoms with Gasteiger partial charge in [-0.25, -0.2) is 0 Å². The Morgan fingerprint density at radius 2 is 1.62 bits per heavy atom. The second-order valence-corrected chi connectivity index (χ2v) is 9.03. The van der Waals surface area contributed by atoms with E-state index in [4.69, 9.17) is 9.57 Å². The molecule has 32 heavy (non-hydrogen) atoms. The first kappa shape index (κ1) is 19.2. The van der Waals surface area contributed by atoms with E-state index in [1.165, 1.54) is 11.8 Å². The fourth-order valence-electron chi connectivity index (χ4n) is 6.23. The Labute approximate surface area is 185 Å². The third-order valence-electron chi connectivity index (χ3n) is 7.61. The average Bonchev–Trinajstić information content (AvgIpc) is 3.54. The van der Waals surface area contributed by atoms with Crippen molar-refractivity contribution in [1.29, 1.82) is 0 Å². The highest BCUT2D eigenvalue weighted by molar-refractivity contribution is 6.23. The van der Waals surface area contributed by atoms with Crippen molar-refractivity contribution >= 4 is 29.0 Å². The fourth-order valence-corrected chi connectivity index (χ4v) is 6.23. The SMILES string of the molecule is COc1ccc(C2=NO[C@@H]3[C@H]4C[C@@H]([C@H]23)[C@@H]2C(=O)N(c3ccc(C(C)=O)cc3)C(=O)[C@@H]42)cc1. The van der Waals surface area contributed by atoms with Crippen LogP contribution < -0.4 is 9.64 Å². The molecule has 3 fully saturated rings. The van der Waals surface area contributed by atoms with Gasteiger partial charge < -0.3 is 9.57 Å². The van der Waals surface area contributed by atoms with E-state index in [2.05, 4.69) is 5.16 Å². The molecular formula is C25H22N2O5. The molecule has 0 N–H and O–H groups in total. The van der Waals surface area contributed by atoms with Crippen molar-refractivity contribution < 1.29 is 24.0 Å². The first-order valence-corrected chi connectivity index (χ1v) is 10.9. The summed E-state index contributed by atoms with van der Waals surface area (Å²) in [7, 11) is 1.62. The van der Waals surface area contributed by atoms with Gasteiger partial charge in [0.05, 0.1) is 30.3 Å². The molecule has 2 aliphatic heterocycles. The van der Waals surface area contributed by atoms with Gasteiger partial charge in [0.1, 0.15) is 11.9 Å². The van der Waals surface area contributed by atoms with Crippen LogP contribution in [0.3, 0.4) is 0 Å². The molecule has 7 heteroatoms.